The van der Waals surface area contributed by atoms with Crippen LogP contribution in [0.2, 0.25) is 5.02 Å². The number of halogens is 1. The summed E-state index contributed by atoms with van der Waals surface area (Å²) in [5, 5.41) is 0.576. The highest BCUT2D eigenvalue weighted by Gasteiger charge is 2.00. The molecule has 0 aliphatic carbocycles. The number of aldehydes is 1. The highest BCUT2D eigenvalue weighted by atomic mass is 35.5. The van der Waals surface area contributed by atoms with Gasteiger partial charge in [-0.15, -0.1) is 0 Å². The lowest BCUT2D eigenvalue weighted by Crippen LogP contribution is -1.84. The van der Waals surface area contributed by atoms with E-state index in [1.54, 1.807) is 18.2 Å². The second-order valence-electron chi connectivity index (χ2n) is 2.64. The molecule has 62 valence electrons. The molecule has 0 atom stereocenters. The van der Waals surface area contributed by atoms with Crippen molar-refractivity contribution in [3.63, 3.8) is 0 Å². The maximum atomic E-state index is 10.4. The van der Waals surface area contributed by atoms with Crippen molar-refractivity contribution in [2.75, 3.05) is 0 Å². The van der Waals surface area contributed by atoms with E-state index in [2.05, 4.69) is 6.58 Å². The van der Waals surface area contributed by atoms with Crippen molar-refractivity contribution in [3.05, 3.63) is 40.9 Å². The van der Waals surface area contributed by atoms with Crippen molar-refractivity contribution < 1.29 is 4.79 Å². The highest BCUT2D eigenvalue weighted by Crippen LogP contribution is 2.22. The molecular weight excluding hydrogens is 172 g/mol. The van der Waals surface area contributed by atoms with E-state index >= 15 is 0 Å². The van der Waals surface area contributed by atoms with Gasteiger partial charge in [-0.3, -0.25) is 4.79 Å². The number of hydrogen-bond donors (Lipinski definition) is 0. The van der Waals surface area contributed by atoms with E-state index in [1.165, 1.54) is 0 Å². The van der Waals surface area contributed by atoms with Crippen molar-refractivity contribution in [2.24, 2.45) is 0 Å². The van der Waals surface area contributed by atoms with Crippen LogP contribution in [-0.4, -0.2) is 6.29 Å². The SMILES string of the molecule is C=C(C)c1ccc(C=O)cc1Cl. The topological polar surface area (TPSA) is 17.1 Å². The zero-order valence-electron chi connectivity index (χ0n) is 6.80. The Balaban J connectivity index is 3.20. The van der Waals surface area contributed by atoms with Gasteiger partial charge in [0.15, 0.2) is 0 Å². The van der Waals surface area contributed by atoms with Crippen molar-refractivity contribution in [1.29, 1.82) is 0 Å². The zero-order chi connectivity index (χ0) is 9.14. The Morgan fingerprint density at radius 2 is 2.25 bits per heavy atom. The maximum Gasteiger partial charge on any atom is 0.150 e. The molecule has 1 nitrogen and oxygen atoms in total. The first kappa shape index (κ1) is 9.01. The summed E-state index contributed by atoms with van der Waals surface area (Å²) in [7, 11) is 0. The molecule has 0 spiro atoms. The lowest BCUT2D eigenvalue weighted by Gasteiger charge is -2.02. The Hall–Kier alpha value is -1.08. The van der Waals surface area contributed by atoms with Crippen LogP contribution in [0.25, 0.3) is 5.57 Å². The van der Waals surface area contributed by atoms with E-state index in [4.69, 9.17) is 11.6 Å². The number of allylic oxidation sites excluding steroid dienone is 1. The fraction of sp³-hybridized carbons (Fsp3) is 0.100. The van der Waals surface area contributed by atoms with Crippen molar-refractivity contribution in [2.45, 2.75) is 6.92 Å². The molecule has 1 aromatic rings. The first-order chi connectivity index (χ1) is 5.65. The molecule has 12 heavy (non-hydrogen) atoms. The zero-order valence-corrected chi connectivity index (χ0v) is 7.56. The largest absolute Gasteiger partial charge is 0.298 e. The van der Waals surface area contributed by atoms with Crippen LogP contribution in [0.3, 0.4) is 0 Å². The van der Waals surface area contributed by atoms with Gasteiger partial charge in [0.05, 0.1) is 0 Å². The van der Waals surface area contributed by atoms with E-state index in [9.17, 15) is 4.79 Å². The molecule has 0 aromatic heterocycles. The van der Waals surface area contributed by atoms with E-state index in [0.717, 1.165) is 17.4 Å². The summed E-state index contributed by atoms with van der Waals surface area (Å²) in [6, 6.07) is 5.16. The summed E-state index contributed by atoms with van der Waals surface area (Å²) < 4.78 is 0. The summed E-state index contributed by atoms with van der Waals surface area (Å²) in [4.78, 5) is 10.4. The average molecular weight is 181 g/mol. The molecule has 0 saturated carbocycles. The quantitative estimate of drug-likeness (QED) is 0.639. The standard InChI is InChI=1S/C10H9ClO/c1-7(2)9-4-3-8(6-12)5-10(9)11/h3-6H,1H2,2H3. The predicted octanol–water partition coefficient (Wildman–Crippen LogP) is 3.19. The summed E-state index contributed by atoms with van der Waals surface area (Å²) in [6.07, 6.45) is 0.772. The molecule has 0 fully saturated rings. The first-order valence-electron chi connectivity index (χ1n) is 3.55. The van der Waals surface area contributed by atoms with Crippen LogP contribution in [0.5, 0.6) is 0 Å². The molecule has 0 heterocycles. The third-order valence-corrected chi connectivity index (χ3v) is 1.90. The smallest absolute Gasteiger partial charge is 0.150 e. The number of hydrogen-bond acceptors (Lipinski definition) is 1. The van der Waals surface area contributed by atoms with Gasteiger partial charge in [0.25, 0.3) is 0 Å². The van der Waals surface area contributed by atoms with Gasteiger partial charge >= 0.3 is 0 Å². The summed E-state index contributed by atoms with van der Waals surface area (Å²) in [5.41, 5.74) is 2.38. The van der Waals surface area contributed by atoms with Gasteiger partial charge in [-0.25, -0.2) is 0 Å². The van der Waals surface area contributed by atoms with Gasteiger partial charge < -0.3 is 0 Å². The van der Waals surface area contributed by atoms with Crippen molar-refractivity contribution >= 4 is 23.5 Å². The minimum Gasteiger partial charge on any atom is -0.298 e. The molecule has 0 bridgehead atoms. The first-order valence-corrected chi connectivity index (χ1v) is 3.93. The molecule has 0 N–H and O–H groups in total. The minimum absolute atomic E-state index is 0.576. The van der Waals surface area contributed by atoms with Crippen LogP contribution in [0, 0.1) is 0 Å². The van der Waals surface area contributed by atoms with Gasteiger partial charge in [-0.05, 0) is 24.1 Å². The van der Waals surface area contributed by atoms with E-state index in [-0.39, 0.29) is 0 Å². The fourth-order valence-electron chi connectivity index (χ4n) is 0.951. The van der Waals surface area contributed by atoms with Crippen LogP contribution in [0.1, 0.15) is 22.8 Å². The van der Waals surface area contributed by atoms with E-state index in [0.29, 0.717) is 10.6 Å². The number of benzene rings is 1. The lowest BCUT2D eigenvalue weighted by atomic mass is 10.1. The van der Waals surface area contributed by atoms with Crippen LogP contribution < -0.4 is 0 Å². The molecule has 1 aromatic carbocycles. The van der Waals surface area contributed by atoms with Gasteiger partial charge in [0, 0.05) is 10.6 Å². The molecule has 1 rings (SSSR count). The summed E-state index contributed by atoms with van der Waals surface area (Å²) in [5.74, 6) is 0. The minimum atomic E-state index is 0.576. The predicted molar refractivity (Wildman–Crippen MR) is 51.5 cm³/mol. The molecule has 0 amide bonds. The van der Waals surface area contributed by atoms with E-state index < -0.39 is 0 Å². The summed E-state index contributed by atoms with van der Waals surface area (Å²) >= 11 is 5.88. The maximum absolute atomic E-state index is 10.4. The van der Waals surface area contributed by atoms with Gasteiger partial charge in [0.1, 0.15) is 6.29 Å². The van der Waals surface area contributed by atoms with Crippen LogP contribution in [0.15, 0.2) is 24.8 Å². The Labute approximate surface area is 76.7 Å². The Morgan fingerprint density at radius 1 is 1.58 bits per heavy atom. The third kappa shape index (κ3) is 1.74. The molecule has 2 heteroatoms. The molecule has 0 saturated heterocycles. The van der Waals surface area contributed by atoms with Crippen molar-refractivity contribution in [1.82, 2.24) is 0 Å². The second kappa shape index (κ2) is 3.55. The average Bonchev–Trinajstić information content (AvgIpc) is 2.03. The van der Waals surface area contributed by atoms with Crippen molar-refractivity contribution in [3.8, 4) is 0 Å². The Morgan fingerprint density at radius 3 is 2.67 bits per heavy atom. The molecule has 0 aliphatic heterocycles. The molecule has 0 aliphatic rings. The monoisotopic (exact) mass is 180 g/mol. The second-order valence-corrected chi connectivity index (χ2v) is 3.04. The lowest BCUT2D eigenvalue weighted by molar-refractivity contribution is 0.112. The number of carbonyl (C=O) groups excluding carboxylic acids is 1. The third-order valence-electron chi connectivity index (χ3n) is 1.59. The molecule has 0 radical (unpaired) electrons. The number of carbonyl (C=O) groups is 1. The Bertz CT molecular complexity index is 329. The van der Waals surface area contributed by atoms with Gasteiger partial charge in [-0.2, -0.15) is 0 Å². The highest BCUT2D eigenvalue weighted by molar-refractivity contribution is 6.32. The van der Waals surface area contributed by atoms with Gasteiger partial charge in [0.2, 0.25) is 0 Å². The van der Waals surface area contributed by atoms with Crippen LogP contribution >= 0.6 is 11.6 Å². The normalized spacial score (nSPS) is 9.50. The van der Waals surface area contributed by atoms with Crippen LogP contribution in [-0.2, 0) is 0 Å². The molecule has 0 unspecified atom stereocenters. The Kier molecular flexibility index (Phi) is 2.66. The van der Waals surface area contributed by atoms with Gasteiger partial charge in [-0.1, -0.05) is 30.3 Å². The van der Waals surface area contributed by atoms with Crippen LogP contribution in [0.4, 0.5) is 0 Å². The number of rotatable bonds is 2. The molecular formula is C10H9ClO. The summed E-state index contributed by atoms with van der Waals surface area (Å²) in [6.45, 7) is 5.65. The van der Waals surface area contributed by atoms with E-state index in [1.807, 2.05) is 6.92 Å². The fourth-order valence-corrected chi connectivity index (χ4v) is 1.30.